The van der Waals surface area contributed by atoms with Crippen molar-refractivity contribution in [1.29, 1.82) is 10.5 Å². The van der Waals surface area contributed by atoms with Crippen molar-refractivity contribution in [2.24, 2.45) is 0 Å². The zero-order valence-electron chi connectivity index (χ0n) is 26.1. The molecular formula is C44H24N4O. The summed E-state index contributed by atoms with van der Waals surface area (Å²) in [5.41, 5.74) is 10.0. The monoisotopic (exact) mass is 624 g/mol. The third kappa shape index (κ3) is 3.73. The fraction of sp³-hybridized carbons (Fsp3) is 0. The van der Waals surface area contributed by atoms with E-state index in [9.17, 15) is 10.5 Å². The Balaban J connectivity index is 1.23. The van der Waals surface area contributed by atoms with Gasteiger partial charge < -0.3 is 13.6 Å². The van der Waals surface area contributed by atoms with Gasteiger partial charge in [0.1, 0.15) is 17.7 Å². The first kappa shape index (κ1) is 27.1. The third-order valence-electron chi connectivity index (χ3n) is 9.83. The molecule has 0 radical (unpaired) electrons. The number of nitrogens with zero attached hydrogens (tertiary/aromatic N) is 4. The highest BCUT2D eigenvalue weighted by Crippen LogP contribution is 2.42. The van der Waals surface area contributed by atoms with E-state index < -0.39 is 0 Å². The number of furan rings is 1. The molecule has 0 fully saturated rings. The Kier molecular flexibility index (Phi) is 5.64. The van der Waals surface area contributed by atoms with Crippen molar-refractivity contribution < 1.29 is 4.42 Å². The molecule has 0 aliphatic carbocycles. The van der Waals surface area contributed by atoms with Crippen LogP contribution in [0.25, 0.3) is 88.1 Å². The maximum atomic E-state index is 10.5. The average molecular weight is 625 g/mol. The lowest BCUT2D eigenvalue weighted by atomic mass is 9.96. The molecule has 0 aliphatic heterocycles. The van der Waals surface area contributed by atoms with Crippen LogP contribution in [-0.4, -0.2) is 9.13 Å². The van der Waals surface area contributed by atoms with E-state index >= 15 is 0 Å². The highest BCUT2D eigenvalue weighted by atomic mass is 16.3. The summed E-state index contributed by atoms with van der Waals surface area (Å²) in [6.07, 6.45) is 0. The summed E-state index contributed by atoms with van der Waals surface area (Å²) >= 11 is 0. The molecule has 0 atom stereocenters. The lowest BCUT2D eigenvalue weighted by Gasteiger charge is -2.17. The molecule has 0 bridgehead atoms. The van der Waals surface area contributed by atoms with Gasteiger partial charge in [-0.2, -0.15) is 10.5 Å². The minimum Gasteiger partial charge on any atom is -0.454 e. The third-order valence-corrected chi connectivity index (χ3v) is 9.83. The van der Waals surface area contributed by atoms with Crippen molar-refractivity contribution in [3.8, 4) is 34.6 Å². The first-order valence-corrected chi connectivity index (χ1v) is 16.1. The van der Waals surface area contributed by atoms with Crippen LogP contribution in [0.3, 0.4) is 0 Å². The van der Waals surface area contributed by atoms with Crippen molar-refractivity contribution in [1.82, 2.24) is 9.13 Å². The highest BCUT2D eigenvalue weighted by Gasteiger charge is 2.22. The molecule has 3 heterocycles. The number of benzene rings is 7. The summed E-state index contributed by atoms with van der Waals surface area (Å²) in [7, 11) is 0. The summed E-state index contributed by atoms with van der Waals surface area (Å²) < 4.78 is 11.0. The molecule has 0 saturated heterocycles. The number of rotatable bonds is 3. The van der Waals surface area contributed by atoms with Gasteiger partial charge in [0, 0.05) is 43.6 Å². The van der Waals surface area contributed by atoms with E-state index in [0.717, 1.165) is 82.4 Å². The quantitative estimate of drug-likeness (QED) is 0.196. The molecular weight excluding hydrogens is 601 g/mol. The number of para-hydroxylation sites is 4. The van der Waals surface area contributed by atoms with E-state index in [1.165, 1.54) is 0 Å². The minimum absolute atomic E-state index is 0.347. The minimum atomic E-state index is 0.347. The highest BCUT2D eigenvalue weighted by molar-refractivity contribution is 6.21. The van der Waals surface area contributed by atoms with Crippen molar-refractivity contribution in [3.63, 3.8) is 0 Å². The number of hydrogen-bond donors (Lipinski definition) is 0. The van der Waals surface area contributed by atoms with Crippen LogP contribution >= 0.6 is 0 Å². The van der Waals surface area contributed by atoms with Crippen LogP contribution in [0.2, 0.25) is 0 Å². The largest absolute Gasteiger partial charge is 0.454 e. The molecule has 10 rings (SSSR count). The van der Waals surface area contributed by atoms with Gasteiger partial charge in [0.2, 0.25) is 0 Å². The lowest BCUT2D eigenvalue weighted by molar-refractivity contribution is 0.671. The van der Waals surface area contributed by atoms with Gasteiger partial charge in [-0.25, -0.2) is 0 Å². The fourth-order valence-electron chi connectivity index (χ4n) is 7.72. The van der Waals surface area contributed by atoms with Gasteiger partial charge in [0.05, 0.1) is 38.9 Å². The standard InChI is InChI=1S/C44H24N4O/c45-25-28-19-22-30(42(37(28)26-46)48-39-14-6-1-9-31(39)32-10-2-7-15-40(32)48)27-17-20-29(21-18-27)47-38-13-5-3-11-33(38)35-23-24-36-34-12-4-8-16-41(34)49-44(36)43(35)47/h1-24H. The Labute approximate surface area is 280 Å². The van der Waals surface area contributed by atoms with Crippen LogP contribution in [-0.2, 0) is 0 Å². The van der Waals surface area contributed by atoms with E-state index in [2.05, 4.69) is 112 Å². The number of fused-ring (bicyclic) bond motifs is 10. The average Bonchev–Trinajstić information content (AvgIpc) is 3.82. The predicted molar refractivity (Wildman–Crippen MR) is 197 cm³/mol. The van der Waals surface area contributed by atoms with Crippen LogP contribution < -0.4 is 0 Å². The summed E-state index contributed by atoms with van der Waals surface area (Å²) in [5.74, 6) is 0. The van der Waals surface area contributed by atoms with Crippen LogP contribution in [0.1, 0.15) is 11.1 Å². The van der Waals surface area contributed by atoms with Crippen LogP contribution in [0, 0.1) is 22.7 Å². The molecule has 0 unspecified atom stereocenters. The summed E-state index contributed by atoms with van der Waals surface area (Å²) in [6, 6.07) is 54.3. The summed E-state index contributed by atoms with van der Waals surface area (Å²) in [6.45, 7) is 0. The maximum Gasteiger partial charge on any atom is 0.160 e. The molecule has 49 heavy (non-hydrogen) atoms. The zero-order valence-corrected chi connectivity index (χ0v) is 26.1. The van der Waals surface area contributed by atoms with Crippen molar-refractivity contribution in [2.45, 2.75) is 0 Å². The predicted octanol–water partition coefficient (Wildman–Crippen LogP) is 11.2. The van der Waals surface area contributed by atoms with Crippen LogP contribution in [0.5, 0.6) is 0 Å². The molecule has 0 aliphatic rings. The normalized spacial score (nSPS) is 11.6. The molecule has 3 aromatic heterocycles. The Hall–Kier alpha value is -7.08. The first-order valence-electron chi connectivity index (χ1n) is 16.1. The maximum absolute atomic E-state index is 10.5. The van der Waals surface area contributed by atoms with Gasteiger partial charge >= 0.3 is 0 Å². The van der Waals surface area contributed by atoms with Crippen molar-refractivity contribution in [3.05, 3.63) is 157 Å². The van der Waals surface area contributed by atoms with Crippen molar-refractivity contribution >= 4 is 65.6 Å². The lowest BCUT2D eigenvalue weighted by Crippen LogP contribution is -2.03. The Morgan fingerprint density at radius 2 is 1.04 bits per heavy atom. The van der Waals surface area contributed by atoms with Crippen molar-refractivity contribution in [2.75, 3.05) is 0 Å². The molecule has 10 aromatic rings. The van der Waals surface area contributed by atoms with Gasteiger partial charge in [-0.05, 0) is 54.1 Å². The summed E-state index contributed by atoms with van der Waals surface area (Å²) in [5, 5.41) is 27.3. The number of aromatic nitrogens is 2. The SMILES string of the molecule is N#Cc1ccc(-c2ccc(-n3c4ccccc4c4ccc5c6ccccc6oc5c43)cc2)c(-n2c3ccccc3c3ccccc32)c1C#N. The molecule has 5 nitrogen and oxygen atoms in total. The molecule has 0 amide bonds. The Morgan fingerprint density at radius 3 is 1.69 bits per heavy atom. The molecule has 0 saturated carbocycles. The first-order chi connectivity index (χ1) is 24.2. The van der Waals surface area contributed by atoms with Gasteiger partial charge in [0.25, 0.3) is 0 Å². The van der Waals surface area contributed by atoms with Gasteiger partial charge in [-0.1, -0.05) is 97.1 Å². The topological polar surface area (TPSA) is 70.6 Å². The second-order valence-corrected chi connectivity index (χ2v) is 12.3. The second-order valence-electron chi connectivity index (χ2n) is 12.3. The molecule has 5 heteroatoms. The van der Waals surface area contributed by atoms with Gasteiger partial charge in [0.15, 0.2) is 5.58 Å². The van der Waals surface area contributed by atoms with Gasteiger partial charge in [-0.3, -0.25) is 0 Å². The molecule has 0 N–H and O–H groups in total. The Bertz CT molecular complexity index is 3020. The van der Waals surface area contributed by atoms with E-state index in [1.807, 2.05) is 48.5 Å². The molecule has 226 valence electrons. The smallest absolute Gasteiger partial charge is 0.160 e. The molecule has 7 aromatic carbocycles. The van der Waals surface area contributed by atoms with E-state index in [4.69, 9.17) is 4.42 Å². The summed E-state index contributed by atoms with van der Waals surface area (Å²) in [4.78, 5) is 0. The second kappa shape index (κ2) is 10.2. The van der Waals surface area contributed by atoms with E-state index in [0.29, 0.717) is 16.8 Å². The molecule has 0 spiro atoms. The van der Waals surface area contributed by atoms with E-state index in [-0.39, 0.29) is 0 Å². The Morgan fingerprint density at radius 1 is 0.469 bits per heavy atom. The fourth-order valence-corrected chi connectivity index (χ4v) is 7.72. The number of nitriles is 2. The van der Waals surface area contributed by atoms with Gasteiger partial charge in [-0.15, -0.1) is 0 Å². The van der Waals surface area contributed by atoms with Crippen LogP contribution in [0.4, 0.5) is 0 Å². The zero-order chi connectivity index (χ0) is 32.6. The van der Waals surface area contributed by atoms with E-state index in [1.54, 1.807) is 6.07 Å². The number of hydrogen-bond acceptors (Lipinski definition) is 3. The van der Waals surface area contributed by atoms with Crippen LogP contribution in [0.15, 0.2) is 150 Å².